The molecule has 0 aliphatic carbocycles. The highest BCUT2D eigenvalue weighted by molar-refractivity contribution is 7.89. The van der Waals surface area contributed by atoms with E-state index < -0.39 is 10.0 Å². The first-order chi connectivity index (χ1) is 8.06. The van der Waals surface area contributed by atoms with Crippen LogP contribution < -0.4 is 4.72 Å². The van der Waals surface area contributed by atoms with Crippen LogP contribution in [0.25, 0.3) is 0 Å². The summed E-state index contributed by atoms with van der Waals surface area (Å²) < 4.78 is 27.4. The van der Waals surface area contributed by atoms with Crippen molar-refractivity contribution in [3.05, 3.63) is 12.4 Å². The molecule has 0 saturated heterocycles. The number of nitrogens with one attached hydrogen (secondary N) is 1. The molecule has 1 heterocycles. The average Bonchev–Trinajstić information content (AvgIpc) is 2.71. The molecule has 0 fully saturated rings. The number of sulfonamides is 1. The molecular weight excluding hydrogens is 242 g/mol. The Morgan fingerprint density at radius 2 is 2.06 bits per heavy atom. The van der Waals surface area contributed by atoms with Crippen LogP contribution in [-0.4, -0.2) is 36.5 Å². The van der Waals surface area contributed by atoms with Crippen LogP contribution in [-0.2, 0) is 17.1 Å². The van der Waals surface area contributed by atoms with Gasteiger partial charge < -0.3 is 5.11 Å². The van der Waals surface area contributed by atoms with Crippen LogP contribution in [0, 0.1) is 0 Å². The van der Waals surface area contributed by atoms with Gasteiger partial charge in [0, 0.05) is 26.4 Å². The fraction of sp³-hybridized carbons (Fsp3) is 0.700. The Balaban J connectivity index is 2.31. The molecule has 1 rings (SSSR count). The largest absolute Gasteiger partial charge is 0.396 e. The number of aryl methyl sites for hydroxylation is 1. The lowest BCUT2D eigenvalue weighted by molar-refractivity contribution is 0.282. The van der Waals surface area contributed by atoms with Crippen molar-refractivity contribution in [2.75, 3.05) is 13.2 Å². The van der Waals surface area contributed by atoms with Gasteiger partial charge in [0.1, 0.15) is 4.90 Å². The summed E-state index contributed by atoms with van der Waals surface area (Å²) in [6, 6.07) is 0. The van der Waals surface area contributed by atoms with E-state index in [1.54, 1.807) is 7.05 Å². The Labute approximate surface area is 102 Å². The van der Waals surface area contributed by atoms with Crippen LogP contribution >= 0.6 is 0 Å². The van der Waals surface area contributed by atoms with Crippen molar-refractivity contribution in [2.24, 2.45) is 7.05 Å². The molecule has 0 bridgehead atoms. The van der Waals surface area contributed by atoms with Gasteiger partial charge in [-0.1, -0.05) is 12.8 Å². The molecule has 17 heavy (non-hydrogen) atoms. The predicted molar refractivity (Wildman–Crippen MR) is 64.0 cm³/mol. The van der Waals surface area contributed by atoms with E-state index in [2.05, 4.69) is 9.82 Å². The summed E-state index contributed by atoms with van der Waals surface area (Å²) in [5.74, 6) is 0. The van der Waals surface area contributed by atoms with Crippen LogP contribution in [0.2, 0.25) is 0 Å². The molecule has 0 aromatic carbocycles. The average molecular weight is 261 g/mol. The van der Waals surface area contributed by atoms with E-state index in [1.165, 1.54) is 17.1 Å². The third-order valence-electron chi connectivity index (χ3n) is 2.37. The Morgan fingerprint density at radius 3 is 2.65 bits per heavy atom. The highest BCUT2D eigenvalue weighted by atomic mass is 32.2. The second-order valence-electron chi connectivity index (χ2n) is 3.89. The normalized spacial score (nSPS) is 11.9. The molecule has 1 aromatic heterocycles. The first-order valence-electron chi connectivity index (χ1n) is 5.65. The lowest BCUT2D eigenvalue weighted by Crippen LogP contribution is -2.24. The molecule has 0 spiro atoms. The smallest absolute Gasteiger partial charge is 0.243 e. The van der Waals surface area contributed by atoms with Gasteiger partial charge in [0.05, 0.1) is 6.20 Å². The molecule has 0 radical (unpaired) electrons. The van der Waals surface area contributed by atoms with Crippen molar-refractivity contribution in [3.8, 4) is 0 Å². The molecule has 0 aliphatic rings. The summed E-state index contributed by atoms with van der Waals surface area (Å²) in [5, 5.41) is 12.4. The lowest BCUT2D eigenvalue weighted by atomic mass is 10.2. The van der Waals surface area contributed by atoms with Crippen molar-refractivity contribution >= 4 is 10.0 Å². The van der Waals surface area contributed by atoms with Crippen molar-refractivity contribution < 1.29 is 13.5 Å². The Bertz CT molecular complexity index is 428. The zero-order valence-corrected chi connectivity index (χ0v) is 10.8. The molecule has 0 unspecified atom stereocenters. The summed E-state index contributed by atoms with van der Waals surface area (Å²) in [6.45, 7) is 0.615. The van der Waals surface area contributed by atoms with E-state index in [1.807, 2.05) is 0 Å². The maximum atomic E-state index is 11.7. The first-order valence-corrected chi connectivity index (χ1v) is 7.14. The summed E-state index contributed by atoms with van der Waals surface area (Å²) in [7, 11) is -1.74. The van der Waals surface area contributed by atoms with Gasteiger partial charge in [-0.2, -0.15) is 5.10 Å². The SMILES string of the molecule is Cn1cc(S(=O)(=O)NCCCCCCO)cn1. The van der Waals surface area contributed by atoms with E-state index in [9.17, 15) is 8.42 Å². The second-order valence-corrected chi connectivity index (χ2v) is 5.65. The number of aromatic nitrogens is 2. The summed E-state index contributed by atoms with van der Waals surface area (Å²) >= 11 is 0. The van der Waals surface area contributed by atoms with E-state index >= 15 is 0 Å². The Hall–Kier alpha value is -0.920. The number of rotatable bonds is 8. The standard InChI is InChI=1S/C10H19N3O3S/c1-13-9-10(8-11-13)17(15,16)12-6-4-2-3-5-7-14/h8-9,12,14H,2-7H2,1H3. The molecular formula is C10H19N3O3S. The van der Waals surface area contributed by atoms with Crippen LogP contribution in [0.5, 0.6) is 0 Å². The number of hydrogen-bond donors (Lipinski definition) is 2. The summed E-state index contributed by atoms with van der Waals surface area (Å²) in [6.07, 6.45) is 6.18. The zero-order valence-electron chi connectivity index (χ0n) is 9.96. The number of unbranched alkanes of at least 4 members (excludes halogenated alkanes) is 3. The van der Waals surface area contributed by atoms with Gasteiger partial charge in [0.15, 0.2) is 0 Å². The number of aliphatic hydroxyl groups is 1. The molecule has 7 heteroatoms. The van der Waals surface area contributed by atoms with Gasteiger partial charge in [-0.3, -0.25) is 4.68 Å². The van der Waals surface area contributed by atoms with Gasteiger partial charge in [-0.25, -0.2) is 13.1 Å². The third-order valence-corrected chi connectivity index (χ3v) is 3.78. The number of aliphatic hydroxyl groups excluding tert-OH is 1. The fourth-order valence-corrected chi connectivity index (χ4v) is 2.47. The van der Waals surface area contributed by atoms with Crippen LogP contribution in [0.1, 0.15) is 25.7 Å². The maximum absolute atomic E-state index is 11.7. The van der Waals surface area contributed by atoms with E-state index in [0.29, 0.717) is 6.54 Å². The van der Waals surface area contributed by atoms with Gasteiger partial charge in [0.2, 0.25) is 10.0 Å². The monoisotopic (exact) mass is 261 g/mol. The first kappa shape index (κ1) is 14.1. The number of hydrogen-bond acceptors (Lipinski definition) is 4. The quantitative estimate of drug-likeness (QED) is 0.657. The van der Waals surface area contributed by atoms with Crippen molar-refractivity contribution in [1.82, 2.24) is 14.5 Å². The minimum atomic E-state index is -3.41. The summed E-state index contributed by atoms with van der Waals surface area (Å²) in [5.41, 5.74) is 0. The van der Waals surface area contributed by atoms with E-state index in [4.69, 9.17) is 5.11 Å². The molecule has 0 amide bonds. The minimum Gasteiger partial charge on any atom is -0.396 e. The lowest BCUT2D eigenvalue weighted by Gasteiger charge is -2.04. The minimum absolute atomic E-state index is 0.190. The van der Waals surface area contributed by atoms with E-state index in [0.717, 1.165) is 25.7 Å². The van der Waals surface area contributed by atoms with Gasteiger partial charge >= 0.3 is 0 Å². The van der Waals surface area contributed by atoms with Crippen LogP contribution in [0.15, 0.2) is 17.3 Å². The molecule has 0 aliphatic heterocycles. The highest BCUT2D eigenvalue weighted by Gasteiger charge is 2.14. The predicted octanol–water partition coefficient (Wildman–Crippen LogP) is 0.251. The fourth-order valence-electron chi connectivity index (χ4n) is 1.42. The van der Waals surface area contributed by atoms with Crippen LogP contribution in [0.3, 0.4) is 0 Å². The van der Waals surface area contributed by atoms with Gasteiger partial charge in [-0.05, 0) is 12.8 Å². The molecule has 2 N–H and O–H groups in total. The van der Waals surface area contributed by atoms with Crippen molar-refractivity contribution in [3.63, 3.8) is 0 Å². The topological polar surface area (TPSA) is 84.2 Å². The van der Waals surface area contributed by atoms with Gasteiger partial charge in [-0.15, -0.1) is 0 Å². The highest BCUT2D eigenvalue weighted by Crippen LogP contribution is 2.06. The molecule has 1 aromatic rings. The summed E-state index contributed by atoms with van der Waals surface area (Å²) in [4.78, 5) is 0.190. The van der Waals surface area contributed by atoms with E-state index in [-0.39, 0.29) is 11.5 Å². The molecule has 6 nitrogen and oxygen atoms in total. The number of nitrogens with zero attached hydrogens (tertiary/aromatic N) is 2. The second kappa shape index (κ2) is 6.73. The van der Waals surface area contributed by atoms with Crippen LogP contribution in [0.4, 0.5) is 0 Å². The van der Waals surface area contributed by atoms with Gasteiger partial charge in [0.25, 0.3) is 0 Å². The Morgan fingerprint density at radius 1 is 1.35 bits per heavy atom. The van der Waals surface area contributed by atoms with Crippen molar-refractivity contribution in [2.45, 2.75) is 30.6 Å². The van der Waals surface area contributed by atoms with Crippen molar-refractivity contribution in [1.29, 1.82) is 0 Å². The molecule has 0 saturated carbocycles. The molecule has 98 valence electrons. The maximum Gasteiger partial charge on any atom is 0.243 e. The third kappa shape index (κ3) is 4.84. The zero-order chi connectivity index (χ0) is 12.7. The molecule has 0 atom stereocenters. The Kier molecular flexibility index (Phi) is 5.60.